The maximum atomic E-state index is 10.4. The van der Waals surface area contributed by atoms with E-state index < -0.39 is 4.92 Å². The highest BCUT2D eigenvalue weighted by atomic mass is 16.6. The Bertz CT molecular complexity index is 359. The van der Waals surface area contributed by atoms with Crippen molar-refractivity contribution < 1.29 is 4.92 Å². The average Bonchev–Trinajstić information content (AvgIpc) is 2.27. The number of rotatable bonds is 4. The summed E-state index contributed by atoms with van der Waals surface area (Å²) in [7, 11) is 0. The average molecular weight is 206 g/mol. The summed E-state index contributed by atoms with van der Waals surface area (Å²) in [6.45, 7) is 5.62. The normalized spacial score (nSPS) is 14.3. The first-order valence-corrected chi connectivity index (χ1v) is 4.68. The molecule has 0 aromatic heterocycles. The van der Waals surface area contributed by atoms with E-state index in [1.165, 1.54) is 12.1 Å². The highest BCUT2D eigenvalue weighted by Gasteiger charge is 2.13. The number of non-ortho nitro benzene ring substituents is 1. The molecule has 0 saturated carbocycles. The Hall–Kier alpha value is -1.68. The molecule has 0 aliphatic carbocycles. The lowest BCUT2D eigenvalue weighted by Crippen LogP contribution is -2.17. The molecule has 0 fully saturated rings. The van der Waals surface area contributed by atoms with Crippen LogP contribution in [0.3, 0.4) is 0 Å². The zero-order valence-corrected chi connectivity index (χ0v) is 8.59. The Labute approximate surface area is 88.6 Å². The van der Waals surface area contributed by atoms with Crippen LogP contribution in [0, 0.1) is 16.0 Å². The van der Waals surface area contributed by atoms with E-state index >= 15 is 0 Å². The minimum absolute atomic E-state index is 0.0807. The zero-order chi connectivity index (χ0) is 11.4. The highest BCUT2D eigenvalue weighted by Crippen LogP contribution is 2.22. The molecule has 2 atom stereocenters. The molecule has 0 amide bonds. The van der Waals surface area contributed by atoms with Crippen LogP contribution in [0.4, 0.5) is 5.69 Å². The molecule has 80 valence electrons. The van der Waals surface area contributed by atoms with Crippen LogP contribution in [0.25, 0.3) is 0 Å². The third-order valence-electron chi connectivity index (χ3n) is 2.43. The van der Waals surface area contributed by atoms with Crippen LogP contribution >= 0.6 is 0 Å². The van der Waals surface area contributed by atoms with Gasteiger partial charge in [0.25, 0.3) is 5.69 Å². The Morgan fingerprint density at radius 1 is 1.47 bits per heavy atom. The molecular formula is C11H14N2O2. The molecule has 0 unspecified atom stereocenters. The van der Waals surface area contributed by atoms with E-state index in [9.17, 15) is 10.1 Å². The van der Waals surface area contributed by atoms with Crippen LogP contribution in [-0.2, 0) is 0 Å². The molecule has 2 N–H and O–H groups in total. The first kappa shape index (κ1) is 11.4. The Morgan fingerprint density at radius 3 is 2.40 bits per heavy atom. The summed E-state index contributed by atoms with van der Waals surface area (Å²) in [6, 6.07) is 6.13. The number of benzene rings is 1. The van der Waals surface area contributed by atoms with Crippen molar-refractivity contribution in [2.24, 2.45) is 11.7 Å². The van der Waals surface area contributed by atoms with Gasteiger partial charge in [-0.1, -0.05) is 25.1 Å². The largest absolute Gasteiger partial charge is 0.323 e. The lowest BCUT2D eigenvalue weighted by atomic mass is 9.95. The van der Waals surface area contributed by atoms with E-state index in [-0.39, 0.29) is 17.6 Å². The summed E-state index contributed by atoms with van der Waals surface area (Å²) in [5.74, 6) is 0.145. The van der Waals surface area contributed by atoms with E-state index in [1.807, 2.05) is 6.92 Å². The van der Waals surface area contributed by atoms with Gasteiger partial charge in [-0.15, -0.1) is 6.58 Å². The molecule has 0 aliphatic heterocycles. The third-order valence-corrected chi connectivity index (χ3v) is 2.43. The molecule has 0 saturated heterocycles. The fourth-order valence-corrected chi connectivity index (χ4v) is 1.27. The second kappa shape index (κ2) is 4.70. The second-order valence-electron chi connectivity index (χ2n) is 3.47. The van der Waals surface area contributed by atoms with Crippen molar-refractivity contribution in [2.75, 3.05) is 0 Å². The van der Waals surface area contributed by atoms with E-state index in [1.54, 1.807) is 18.2 Å². The van der Waals surface area contributed by atoms with Gasteiger partial charge in [0.2, 0.25) is 0 Å². The highest BCUT2D eigenvalue weighted by molar-refractivity contribution is 5.34. The number of hydrogen-bond acceptors (Lipinski definition) is 3. The fraction of sp³-hybridized carbons (Fsp3) is 0.273. The molecule has 4 heteroatoms. The standard InChI is InChI=1S/C11H14N2O2/c1-3-8(2)11(12)9-4-6-10(7-5-9)13(14)15/h3-8,11H,1,12H2,2H3/t8-,11+/m1/s1. The molecule has 0 aliphatic rings. The molecule has 15 heavy (non-hydrogen) atoms. The van der Waals surface area contributed by atoms with Crippen molar-refractivity contribution in [3.05, 3.63) is 52.6 Å². The summed E-state index contributed by atoms with van der Waals surface area (Å²) in [6.07, 6.45) is 1.77. The molecule has 0 heterocycles. The SMILES string of the molecule is C=C[C@@H](C)[C@H](N)c1ccc([N+](=O)[O-])cc1. The summed E-state index contributed by atoms with van der Waals surface area (Å²) in [5.41, 5.74) is 6.90. The van der Waals surface area contributed by atoms with Crippen molar-refractivity contribution in [3.63, 3.8) is 0 Å². The van der Waals surface area contributed by atoms with Gasteiger partial charge in [0, 0.05) is 18.2 Å². The summed E-state index contributed by atoms with van der Waals surface area (Å²) >= 11 is 0. The van der Waals surface area contributed by atoms with Crippen LogP contribution in [0.1, 0.15) is 18.5 Å². The van der Waals surface area contributed by atoms with E-state index in [0.29, 0.717) is 0 Å². The van der Waals surface area contributed by atoms with Gasteiger partial charge >= 0.3 is 0 Å². The lowest BCUT2D eigenvalue weighted by molar-refractivity contribution is -0.384. The second-order valence-corrected chi connectivity index (χ2v) is 3.47. The number of nitrogens with zero attached hydrogens (tertiary/aromatic N) is 1. The monoisotopic (exact) mass is 206 g/mol. The van der Waals surface area contributed by atoms with E-state index in [2.05, 4.69) is 6.58 Å². The molecular weight excluding hydrogens is 192 g/mol. The lowest BCUT2D eigenvalue weighted by Gasteiger charge is -2.16. The smallest absolute Gasteiger partial charge is 0.269 e. The first-order valence-electron chi connectivity index (χ1n) is 4.68. The molecule has 4 nitrogen and oxygen atoms in total. The first-order chi connectivity index (χ1) is 7.06. The predicted octanol–water partition coefficient (Wildman–Crippen LogP) is 2.42. The summed E-state index contributed by atoms with van der Waals surface area (Å²) in [4.78, 5) is 10.0. The van der Waals surface area contributed by atoms with Crippen LogP contribution in [0.2, 0.25) is 0 Å². The number of hydrogen-bond donors (Lipinski definition) is 1. The molecule has 0 radical (unpaired) electrons. The van der Waals surface area contributed by atoms with Gasteiger partial charge in [0.1, 0.15) is 0 Å². The fourth-order valence-electron chi connectivity index (χ4n) is 1.27. The van der Waals surface area contributed by atoms with Crippen molar-refractivity contribution in [3.8, 4) is 0 Å². The van der Waals surface area contributed by atoms with Crippen molar-refractivity contribution in [2.45, 2.75) is 13.0 Å². The molecule has 1 rings (SSSR count). The third kappa shape index (κ3) is 2.63. The van der Waals surface area contributed by atoms with Gasteiger partial charge in [-0.3, -0.25) is 10.1 Å². The number of nitrogens with two attached hydrogens (primary N) is 1. The van der Waals surface area contributed by atoms with Crippen LogP contribution < -0.4 is 5.73 Å². The quantitative estimate of drug-likeness (QED) is 0.467. The van der Waals surface area contributed by atoms with Gasteiger partial charge in [0.05, 0.1) is 4.92 Å². The minimum atomic E-state index is -0.424. The van der Waals surface area contributed by atoms with Crippen LogP contribution in [0.15, 0.2) is 36.9 Å². The Kier molecular flexibility index (Phi) is 3.57. The van der Waals surface area contributed by atoms with Gasteiger partial charge < -0.3 is 5.73 Å². The Balaban J connectivity index is 2.88. The van der Waals surface area contributed by atoms with Gasteiger partial charge in [-0.25, -0.2) is 0 Å². The summed E-state index contributed by atoms with van der Waals surface area (Å²) < 4.78 is 0. The maximum Gasteiger partial charge on any atom is 0.269 e. The van der Waals surface area contributed by atoms with Crippen LogP contribution in [-0.4, -0.2) is 4.92 Å². The van der Waals surface area contributed by atoms with Crippen molar-refractivity contribution >= 4 is 5.69 Å². The Morgan fingerprint density at radius 2 is 2.00 bits per heavy atom. The number of nitro benzene ring substituents is 1. The number of nitro groups is 1. The minimum Gasteiger partial charge on any atom is -0.323 e. The molecule has 0 bridgehead atoms. The molecule has 1 aromatic carbocycles. The maximum absolute atomic E-state index is 10.4. The molecule has 1 aromatic rings. The predicted molar refractivity (Wildman–Crippen MR) is 59.4 cm³/mol. The van der Waals surface area contributed by atoms with Gasteiger partial charge in [0.15, 0.2) is 0 Å². The topological polar surface area (TPSA) is 69.2 Å². The van der Waals surface area contributed by atoms with Gasteiger partial charge in [-0.2, -0.15) is 0 Å². The summed E-state index contributed by atoms with van der Waals surface area (Å²) in [5, 5.41) is 10.4. The van der Waals surface area contributed by atoms with E-state index in [4.69, 9.17) is 5.73 Å². The van der Waals surface area contributed by atoms with Gasteiger partial charge in [-0.05, 0) is 11.5 Å². The van der Waals surface area contributed by atoms with Crippen molar-refractivity contribution in [1.82, 2.24) is 0 Å². The molecule has 0 spiro atoms. The van der Waals surface area contributed by atoms with Crippen LogP contribution in [0.5, 0.6) is 0 Å². The van der Waals surface area contributed by atoms with E-state index in [0.717, 1.165) is 5.56 Å². The van der Waals surface area contributed by atoms with Crippen molar-refractivity contribution in [1.29, 1.82) is 0 Å². The zero-order valence-electron chi connectivity index (χ0n) is 8.59.